The molecule has 30 heteroatoms. The molecule has 0 saturated carbocycles. The van der Waals surface area contributed by atoms with Gasteiger partial charge in [0.25, 0.3) is 0 Å². The lowest BCUT2D eigenvalue weighted by atomic mass is 10.5. The van der Waals surface area contributed by atoms with E-state index in [1.807, 2.05) is 0 Å². The number of alkyl halides is 1. The molecule has 0 heterocycles. The molecule has 0 rings (SSSR count). The van der Waals surface area contributed by atoms with Crippen molar-refractivity contribution in [2.24, 2.45) is 15.3 Å². The molecule has 398 valence electrons. The Kier molecular flexibility index (Phi) is 73.0. The molecule has 0 spiro atoms. The van der Waals surface area contributed by atoms with Gasteiger partial charge in [0.1, 0.15) is 19.0 Å². The molecule has 0 aliphatic heterocycles. The minimum Gasteiger partial charge on any atom is -0.480 e. The zero-order valence-electron chi connectivity index (χ0n) is 39.5. The molecule has 2 N–H and O–H groups in total. The summed E-state index contributed by atoms with van der Waals surface area (Å²) in [5.41, 5.74) is 24.1. The van der Waals surface area contributed by atoms with Crippen LogP contribution >= 0.6 is 15.9 Å². The highest BCUT2D eigenvalue weighted by Gasteiger charge is 2.00. The third kappa shape index (κ3) is 82.5. The summed E-state index contributed by atoms with van der Waals surface area (Å²) >= 11 is 2.96. The minimum atomic E-state index is -0.996. The Bertz CT molecular complexity index is 1210. The molecule has 0 radical (unpaired) electrons. The summed E-state index contributed by atoms with van der Waals surface area (Å²) in [5.74, 6) is -1.23. The molecule has 0 aromatic rings. The van der Waals surface area contributed by atoms with Crippen LogP contribution in [0.15, 0.2) is 15.3 Å². The summed E-state index contributed by atoms with van der Waals surface area (Å²) in [4.78, 5) is 38.4. The van der Waals surface area contributed by atoms with Crippen molar-refractivity contribution in [3.63, 3.8) is 0 Å². The van der Waals surface area contributed by atoms with Crippen LogP contribution in [0, 0.1) is 0 Å². The van der Waals surface area contributed by atoms with Gasteiger partial charge in [-0.25, -0.2) is 9.59 Å². The maximum absolute atomic E-state index is 10.7. The molecule has 0 unspecified atom stereocenters. The number of methoxy groups -OCH3 is 1. The van der Waals surface area contributed by atoms with Gasteiger partial charge < -0.3 is 81.3 Å². The van der Waals surface area contributed by atoms with Gasteiger partial charge in [0.2, 0.25) is 0 Å². The highest BCUT2D eigenvalue weighted by Crippen LogP contribution is 1.88. The van der Waals surface area contributed by atoms with Gasteiger partial charge in [-0.3, -0.25) is 4.79 Å². The molecular formula is C38H74BrN9O20. The first-order chi connectivity index (χ1) is 33.3. The predicted molar refractivity (Wildman–Crippen MR) is 245 cm³/mol. The summed E-state index contributed by atoms with van der Waals surface area (Å²) in [6.45, 7) is 13.4. The third-order valence-electron chi connectivity index (χ3n) is 6.39. The van der Waals surface area contributed by atoms with Crippen molar-refractivity contribution in [2.45, 2.75) is 6.92 Å². The van der Waals surface area contributed by atoms with Gasteiger partial charge in [0, 0.05) is 34.4 Å². The summed E-state index contributed by atoms with van der Waals surface area (Å²) in [6, 6.07) is 0. The molecular weight excluding hydrogens is 982 g/mol. The van der Waals surface area contributed by atoms with E-state index in [1.54, 1.807) is 0 Å². The van der Waals surface area contributed by atoms with Crippen molar-refractivity contribution in [3.8, 4) is 0 Å². The average Bonchev–Trinajstić information content (AvgIpc) is 3.34. The Balaban J connectivity index is -0.000000432. The first-order valence-corrected chi connectivity index (χ1v) is 22.4. The minimum absolute atomic E-state index is 0.0305. The molecule has 0 bridgehead atoms. The Morgan fingerprint density at radius 1 is 0.426 bits per heavy atom. The van der Waals surface area contributed by atoms with Crippen molar-refractivity contribution in [2.75, 3.05) is 224 Å². The number of azide groups is 3. The number of aliphatic carboxylic acids is 1. The number of aliphatic hydroxyl groups excluding tert-OH is 1. The van der Waals surface area contributed by atoms with Crippen LogP contribution in [0.1, 0.15) is 6.92 Å². The van der Waals surface area contributed by atoms with Crippen LogP contribution in [-0.4, -0.2) is 252 Å². The first kappa shape index (κ1) is 71.0. The van der Waals surface area contributed by atoms with E-state index in [0.717, 1.165) is 0 Å². The lowest BCUT2D eigenvalue weighted by Crippen LogP contribution is -2.15. The normalized spacial score (nSPS) is 10.1. The molecule has 0 amide bonds. The van der Waals surface area contributed by atoms with Gasteiger partial charge in [-0.1, -0.05) is 31.3 Å². The van der Waals surface area contributed by atoms with E-state index in [0.29, 0.717) is 190 Å². The second-order valence-corrected chi connectivity index (χ2v) is 12.4. The number of rotatable bonds is 49. The fourth-order valence-corrected chi connectivity index (χ4v) is 3.41. The molecule has 68 heavy (non-hydrogen) atoms. The Hall–Kier alpha value is -3.58. The number of carboxylic acids is 1. The van der Waals surface area contributed by atoms with Gasteiger partial charge >= 0.3 is 11.9 Å². The Morgan fingerprint density at radius 3 is 0.853 bits per heavy atom. The standard InChI is InChI=1S/C13H25N3O7.C12H23N3O7.C10H21N3O5.C3H5BrO/c1-18-13(17)12-23-11-10-22-9-8-21-7-6-20-5-4-19-3-2-15-16-14;13-15-14-1-2-18-3-4-19-5-6-20-7-8-21-9-10-22-11-12(16)17;11-13-12-1-3-15-5-7-17-9-10-18-8-6-16-4-2-14;1-3(5)2-4/h2-12H2,1H3;1-11H2,(H,16,17);14H,1-10H2;2H2,1H3. The highest BCUT2D eigenvalue weighted by molar-refractivity contribution is 9.09. The van der Waals surface area contributed by atoms with Crippen molar-refractivity contribution in [1.29, 1.82) is 0 Å². The zero-order chi connectivity index (χ0) is 50.9. The summed E-state index contributed by atoms with van der Waals surface area (Å²) < 4.78 is 76.6. The van der Waals surface area contributed by atoms with E-state index >= 15 is 0 Å². The van der Waals surface area contributed by atoms with Gasteiger partial charge in [0.15, 0.2) is 0 Å². The number of ether oxygens (including phenoxy) is 15. The SMILES string of the molecule is CC(=O)CBr.COC(=O)COCCOCCOCCOCCOCCN=[N+]=[N-].[N-]=[N+]=NCCOCCOCCOCCOCCO.[N-]=[N+]=NCCOCCOCCOCCOCCOCC(=O)O. The summed E-state index contributed by atoms with van der Waals surface area (Å²) in [5, 5.41) is 27.2. The monoisotopic (exact) mass is 1060 g/mol. The molecule has 0 saturated heterocycles. The molecule has 0 aromatic heterocycles. The largest absolute Gasteiger partial charge is 0.480 e. The van der Waals surface area contributed by atoms with Gasteiger partial charge in [-0.2, -0.15) is 0 Å². The van der Waals surface area contributed by atoms with E-state index < -0.39 is 11.9 Å². The fraction of sp³-hybridized carbons (Fsp3) is 0.921. The van der Waals surface area contributed by atoms with Crippen LogP contribution < -0.4 is 0 Å². The fourth-order valence-electron chi connectivity index (χ4n) is 3.41. The number of esters is 1. The molecule has 0 fully saturated rings. The van der Waals surface area contributed by atoms with E-state index in [-0.39, 0.29) is 32.2 Å². The lowest BCUT2D eigenvalue weighted by molar-refractivity contribution is -0.146. The number of nitrogens with zero attached hydrogens (tertiary/aromatic N) is 9. The summed E-state index contributed by atoms with van der Waals surface area (Å²) in [6.07, 6.45) is 0. The number of halogens is 1. The number of aliphatic hydroxyl groups is 1. The number of carbonyl (C=O) groups excluding carboxylic acids is 2. The van der Waals surface area contributed by atoms with E-state index in [2.05, 4.69) is 50.7 Å². The molecule has 0 aliphatic rings. The molecule has 0 atom stereocenters. The van der Waals surface area contributed by atoms with Gasteiger partial charge in [-0.05, 0) is 23.5 Å². The van der Waals surface area contributed by atoms with Crippen molar-refractivity contribution < 1.29 is 95.6 Å². The van der Waals surface area contributed by atoms with Crippen LogP contribution in [0.4, 0.5) is 0 Å². The quantitative estimate of drug-likeness (QED) is 0.0220. The van der Waals surface area contributed by atoms with E-state index in [1.165, 1.54) is 14.0 Å². The summed E-state index contributed by atoms with van der Waals surface area (Å²) in [7, 11) is 1.31. The zero-order valence-corrected chi connectivity index (χ0v) is 41.1. The van der Waals surface area contributed by atoms with E-state index in [9.17, 15) is 14.4 Å². The number of hydrogen-bond donors (Lipinski definition) is 2. The second kappa shape index (κ2) is 70.0. The van der Waals surface area contributed by atoms with Crippen molar-refractivity contribution >= 4 is 33.7 Å². The number of carboxylic acid groups (broad SMARTS) is 1. The van der Waals surface area contributed by atoms with Gasteiger partial charge in [0.05, 0.1) is 191 Å². The van der Waals surface area contributed by atoms with Crippen LogP contribution in [0.2, 0.25) is 0 Å². The second-order valence-electron chi connectivity index (χ2n) is 11.8. The Labute approximate surface area is 405 Å². The molecule has 0 aliphatic carbocycles. The maximum Gasteiger partial charge on any atom is 0.331 e. The maximum atomic E-state index is 10.7. The van der Waals surface area contributed by atoms with Crippen LogP contribution in [0.5, 0.6) is 0 Å². The first-order valence-electron chi connectivity index (χ1n) is 21.3. The topological polar surface area (TPSA) is 376 Å². The third-order valence-corrected chi connectivity index (χ3v) is 7.18. The number of ketones is 1. The van der Waals surface area contributed by atoms with Crippen LogP contribution in [0.25, 0.3) is 31.3 Å². The number of carbonyl (C=O) groups is 3. The van der Waals surface area contributed by atoms with E-state index in [4.69, 9.17) is 93.1 Å². The van der Waals surface area contributed by atoms with Crippen LogP contribution in [0.3, 0.4) is 0 Å². The smallest absolute Gasteiger partial charge is 0.331 e. The molecule has 29 nitrogen and oxygen atoms in total. The highest BCUT2D eigenvalue weighted by atomic mass is 79.9. The number of Topliss-reactive ketones (excluding diaryl/α,β-unsaturated/α-hetero) is 1. The Morgan fingerprint density at radius 2 is 0.647 bits per heavy atom. The average molecular weight is 1060 g/mol. The van der Waals surface area contributed by atoms with Gasteiger partial charge in [-0.15, -0.1) is 0 Å². The lowest BCUT2D eigenvalue weighted by Gasteiger charge is -2.07. The van der Waals surface area contributed by atoms with Crippen LogP contribution in [-0.2, 0) is 85.4 Å². The van der Waals surface area contributed by atoms with Crippen molar-refractivity contribution in [3.05, 3.63) is 31.3 Å². The number of hydrogen-bond acceptors (Lipinski definition) is 22. The molecule has 0 aromatic carbocycles. The van der Waals surface area contributed by atoms with Crippen molar-refractivity contribution in [1.82, 2.24) is 0 Å². The predicted octanol–water partition coefficient (Wildman–Crippen LogP) is 2.34.